The zero-order valence-corrected chi connectivity index (χ0v) is 8.95. The molecule has 0 aliphatic rings. The van der Waals surface area contributed by atoms with Crippen molar-refractivity contribution in [1.29, 1.82) is 0 Å². The van der Waals surface area contributed by atoms with Gasteiger partial charge >= 0.3 is 0 Å². The predicted octanol–water partition coefficient (Wildman–Crippen LogP) is 0.947. The number of H-pyrrole nitrogens is 1. The van der Waals surface area contributed by atoms with Crippen LogP contribution in [0.1, 0.15) is 12.5 Å². The molecule has 5 heteroatoms. The Labute approximate surface area is 92.5 Å². The van der Waals surface area contributed by atoms with Crippen molar-refractivity contribution in [3.63, 3.8) is 0 Å². The Bertz CT molecular complexity index is 519. The summed E-state index contributed by atoms with van der Waals surface area (Å²) in [6, 6.07) is 3.32. The summed E-state index contributed by atoms with van der Waals surface area (Å²) in [6.45, 7) is 2.05. The van der Waals surface area contributed by atoms with Crippen LogP contribution in [0.25, 0.3) is 11.0 Å². The van der Waals surface area contributed by atoms with Crippen LogP contribution in [0.2, 0.25) is 0 Å². The van der Waals surface area contributed by atoms with E-state index in [0.717, 1.165) is 16.6 Å². The van der Waals surface area contributed by atoms with Gasteiger partial charge in [-0.3, -0.25) is 4.79 Å². The Hall–Kier alpha value is -2.04. The molecule has 0 fully saturated rings. The molecule has 5 nitrogen and oxygen atoms in total. The average molecular weight is 219 g/mol. The molecule has 2 aromatic rings. The topological polar surface area (TPSA) is 78.0 Å². The highest BCUT2D eigenvalue weighted by atomic mass is 16.3. The number of rotatable bonds is 3. The largest absolute Gasteiger partial charge is 0.493 e. The molecule has 0 aliphatic carbocycles. The van der Waals surface area contributed by atoms with Gasteiger partial charge in [0.05, 0.1) is 11.0 Å². The first-order valence-electron chi connectivity index (χ1n) is 5.07. The summed E-state index contributed by atoms with van der Waals surface area (Å²) >= 11 is 0. The summed E-state index contributed by atoms with van der Waals surface area (Å²) in [5.74, 6) is -0.0384. The van der Waals surface area contributed by atoms with Crippen molar-refractivity contribution in [2.75, 3.05) is 6.54 Å². The Morgan fingerprint density at radius 3 is 3.12 bits per heavy atom. The van der Waals surface area contributed by atoms with Crippen LogP contribution in [0.5, 0.6) is 5.88 Å². The second kappa shape index (κ2) is 4.22. The standard InChI is InChI=1S/C11H13N3O2/c1-7(15)12-5-4-8-6-13-9-2-3-10(16)14-11(8)9/h2-3,6,13H,4-5H2,1H3,(H,12,15)(H,14,16). The number of aromatic nitrogens is 2. The lowest BCUT2D eigenvalue weighted by Gasteiger charge is -2.00. The van der Waals surface area contributed by atoms with E-state index in [0.29, 0.717) is 13.0 Å². The molecular weight excluding hydrogens is 206 g/mol. The number of aromatic amines is 1. The minimum absolute atomic E-state index is 0.00729. The highest BCUT2D eigenvalue weighted by Gasteiger charge is 2.05. The maximum absolute atomic E-state index is 10.7. The van der Waals surface area contributed by atoms with Crippen molar-refractivity contribution in [3.8, 4) is 5.88 Å². The molecule has 0 atom stereocenters. The first-order chi connectivity index (χ1) is 7.66. The van der Waals surface area contributed by atoms with Crippen LogP contribution in [-0.2, 0) is 11.2 Å². The van der Waals surface area contributed by atoms with Gasteiger partial charge in [0.2, 0.25) is 11.8 Å². The van der Waals surface area contributed by atoms with E-state index in [1.165, 1.54) is 13.0 Å². The molecule has 1 amide bonds. The van der Waals surface area contributed by atoms with E-state index in [9.17, 15) is 9.90 Å². The summed E-state index contributed by atoms with van der Waals surface area (Å²) < 4.78 is 0. The maximum atomic E-state index is 10.7. The SMILES string of the molecule is CC(=O)NCCc1c[nH]c2ccc(O)nc12. The van der Waals surface area contributed by atoms with Gasteiger partial charge < -0.3 is 15.4 Å². The minimum Gasteiger partial charge on any atom is -0.493 e. The zero-order chi connectivity index (χ0) is 11.5. The molecule has 0 spiro atoms. The Kier molecular flexibility index (Phi) is 2.76. The molecule has 0 saturated carbocycles. The molecular formula is C11H13N3O2. The number of hydrogen-bond donors (Lipinski definition) is 3. The van der Waals surface area contributed by atoms with E-state index in [1.807, 2.05) is 6.20 Å². The van der Waals surface area contributed by atoms with Gasteiger partial charge in [0, 0.05) is 25.7 Å². The van der Waals surface area contributed by atoms with Gasteiger partial charge in [0.25, 0.3) is 0 Å². The van der Waals surface area contributed by atoms with Crippen LogP contribution in [-0.4, -0.2) is 27.5 Å². The molecule has 3 N–H and O–H groups in total. The fourth-order valence-electron chi connectivity index (χ4n) is 1.61. The van der Waals surface area contributed by atoms with Gasteiger partial charge in [-0.2, -0.15) is 0 Å². The highest BCUT2D eigenvalue weighted by molar-refractivity contribution is 5.79. The van der Waals surface area contributed by atoms with Gasteiger partial charge in [0.15, 0.2) is 0 Å². The third-order valence-corrected chi connectivity index (χ3v) is 2.35. The van der Waals surface area contributed by atoms with Crippen LogP contribution in [0.15, 0.2) is 18.3 Å². The van der Waals surface area contributed by atoms with E-state index < -0.39 is 0 Å². The van der Waals surface area contributed by atoms with Crippen LogP contribution in [0.4, 0.5) is 0 Å². The first-order valence-corrected chi connectivity index (χ1v) is 5.07. The minimum atomic E-state index is -0.0457. The molecule has 0 aliphatic heterocycles. The number of nitrogens with one attached hydrogen (secondary N) is 2. The number of fused-ring (bicyclic) bond motifs is 1. The summed E-state index contributed by atoms with van der Waals surface area (Å²) in [6.07, 6.45) is 2.54. The van der Waals surface area contributed by atoms with E-state index in [2.05, 4.69) is 15.3 Å². The molecule has 2 aromatic heterocycles. The van der Waals surface area contributed by atoms with Crippen molar-refractivity contribution in [3.05, 3.63) is 23.9 Å². The molecule has 0 bridgehead atoms. The monoisotopic (exact) mass is 219 g/mol. The van der Waals surface area contributed by atoms with E-state index in [4.69, 9.17) is 0 Å². The summed E-state index contributed by atoms with van der Waals surface area (Å²) in [4.78, 5) is 17.8. The fraction of sp³-hybridized carbons (Fsp3) is 0.273. The van der Waals surface area contributed by atoms with Crippen LogP contribution < -0.4 is 5.32 Å². The lowest BCUT2D eigenvalue weighted by molar-refractivity contribution is -0.118. The van der Waals surface area contributed by atoms with Gasteiger partial charge in [-0.25, -0.2) is 4.98 Å². The molecule has 0 radical (unpaired) electrons. The molecule has 0 unspecified atom stereocenters. The van der Waals surface area contributed by atoms with Gasteiger partial charge in [0.1, 0.15) is 0 Å². The summed E-state index contributed by atoms with van der Waals surface area (Å²) in [5, 5.41) is 12.0. The second-order valence-corrected chi connectivity index (χ2v) is 3.61. The Morgan fingerprint density at radius 2 is 2.38 bits per heavy atom. The molecule has 2 heterocycles. The van der Waals surface area contributed by atoms with Crippen LogP contribution >= 0.6 is 0 Å². The highest BCUT2D eigenvalue weighted by Crippen LogP contribution is 2.18. The molecule has 2 rings (SSSR count). The Balaban J connectivity index is 2.17. The molecule has 0 saturated heterocycles. The van der Waals surface area contributed by atoms with Crippen molar-refractivity contribution >= 4 is 16.9 Å². The van der Waals surface area contributed by atoms with Crippen molar-refractivity contribution in [2.45, 2.75) is 13.3 Å². The number of aromatic hydroxyl groups is 1. The average Bonchev–Trinajstić information content (AvgIpc) is 2.60. The Morgan fingerprint density at radius 1 is 1.56 bits per heavy atom. The molecule has 16 heavy (non-hydrogen) atoms. The molecule has 0 aromatic carbocycles. The van der Waals surface area contributed by atoms with Gasteiger partial charge in [-0.15, -0.1) is 0 Å². The lowest BCUT2D eigenvalue weighted by atomic mass is 10.2. The quantitative estimate of drug-likeness (QED) is 0.719. The summed E-state index contributed by atoms with van der Waals surface area (Å²) in [5.41, 5.74) is 2.63. The number of pyridine rings is 1. The first kappa shape index (κ1) is 10.5. The normalized spacial score (nSPS) is 10.6. The van der Waals surface area contributed by atoms with E-state index >= 15 is 0 Å². The number of amides is 1. The van der Waals surface area contributed by atoms with Crippen LogP contribution in [0, 0.1) is 0 Å². The maximum Gasteiger partial charge on any atom is 0.216 e. The van der Waals surface area contributed by atoms with E-state index in [1.54, 1.807) is 6.07 Å². The van der Waals surface area contributed by atoms with Crippen molar-refractivity contribution in [1.82, 2.24) is 15.3 Å². The number of hydrogen-bond acceptors (Lipinski definition) is 3. The zero-order valence-electron chi connectivity index (χ0n) is 8.95. The summed E-state index contributed by atoms with van der Waals surface area (Å²) in [7, 11) is 0. The third-order valence-electron chi connectivity index (χ3n) is 2.35. The van der Waals surface area contributed by atoms with Gasteiger partial charge in [-0.1, -0.05) is 0 Å². The van der Waals surface area contributed by atoms with Crippen molar-refractivity contribution < 1.29 is 9.90 Å². The van der Waals surface area contributed by atoms with Gasteiger partial charge in [-0.05, 0) is 18.1 Å². The van der Waals surface area contributed by atoms with E-state index in [-0.39, 0.29) is 11.8 Å². The van der Waals surface area contributed by atoms with Crippen molar-refractivity contribution in [2.24, 2.45) is 0 Å². The number of carbonyl (C=O) groups excluding carboxylic acids is 1. The second-order valence-electron chi connectivity index (χ2n) is 3.61. The van der Waals surface area contributed by atoms with Crippen LogP contribution in [0.3, 0.4) is 0 Å². The predicted molar refractivity (Wildman–Crippen MR) is 60.1 cm³/mol. The smallest absolute Gasteiger partial charge is 0.216 e. The molecule has 84 valence electrons. The third kappa shape index (κ3) is 2.13. The number of nitrogens with zero attached hydrogens (tertiary/aromatic N) is 1. The number of carbonyl (C=O) groups is 1. The lowest BCUT2D eigenvalue weighted by Crippen LogP contribution is -2.22. The fourth-order valence-corrected chi connectivity index (χ4v) is 1.61.